The number of anilines is 1. The molecule has 162 valence electrons. The molecule has 0 spiro atoms. The minimum atomic E-state index is -0.417. The number of rotatable bonds is 9. The molecule has 0 unspecified atom stereocenters. The number of aryl methyl sites for hydroxylation is 2. The summed E-state index contributed by atoms with van der Waals surface area (Å²) in [6, 6.07) is 16.6. The number of nitro groups is 1. The van der Waals surface area contributed by atoms with Gasteiger partial charge in [-0.05, 0) is 89.3 Å². The van der Waals surface area contributed by atoms with E-state index in [2.05, 4.69) is 53.3 Å². The third kappa shape index (κ3) is 5.98. The first-order chi connectivity index (χ1) is 14.9. The van der Waals surface area contributed by atoms with Gasteiger partial charge in [0.1, 0.15) is 6.61 Å². The molecule has 0 bridgehead atoms. The van der Waals surface area contributed by atoms with Crippen molar-refractivity contribution < 1.29 is 14.4 Å². The Balaban J connectivity index is 1.74. The first-order valence-electron chi connectivity index (χ1n) is 10.00. The van der Waals surface area contributed by atoms with Crippen LogP contribution >= 0.6 is 15.9 Å². The molecule has 6 nitrogen and oxygen atoms in total. The molecule has 0 aliphatic rings. The van der Waals surface area contributed by atoms with Crippen molar-refractivity contribution in [2.45, 2.75) is 33.9 Å². The quantitative estimate of drug-likeness (QED) is 0.274. The summed E-state index contributed by atoms with van der Waals surface area (Å²) in [4.78, 5) is 10.4. The maximum atomic E-state index is 10.8. The number of hydrogen-bond donors (Lipinski definition) is 1. The van der Waals surface area contributed by atoms with Crippen LogP contribution in [0.25, 0.3) is 0 Å². The Bertz CT molecular complexity index is 1070. The minimum Gasteiger partial charge on any atom is -0.490 e. The molecule has 1 N–H and O–H groups in total. The highest BCUT2D eigenvalue weighted by molar-refractivity contribution is 9.10. The van der Waals surface area contributed by atoms with Gasteiger partial charge in [0.05, 0.1) is 16.0 Å². The predicted molar refractivity (Wildman–Crippen MR) is 126 cm³/mol. The Labute approximate surface area is 190 Å². The summed E-state index contributed by atoms with van der Waals surface area (Å²) < 4.78 is 12.6. The highest BCUT2D eigenvalue weighted by Gasteiger charge is 2.13. The standard InChI is InChI=1S/C24H25BrN2O4/c1-4-30-23-13-19(14-26-22-11-16(2)5-6-17(22)3)12-21(25)24(23)31-15-18-7-9-20(10-8-18)27(28)29/h5-13,26H,4,14-15H2,1-3H3. The van der Waals surface area contributed by atoms with Crippen molar-refractivity contribution in [1.82, 2.24) is 0 Å². The van der Waals surface area contributed by atoms with Crippen LogP contribution in [0.2, 0.25) is 0 Å². The number of ether oxygens (including phenoxy) is 2. The first-order valence-corrected chi connectivity index (χ1v) is 10.8. The zero-order valence-corrected chi connectivity index (χ0v) is 19.4. The normalized spacial score (nSPS) is 10.6. The highest BCUT2D eigenvalue weighted by Crippen LogP contribution is 2.38. The molecular weight excluding hydrogens is 460 g/mol. The van der Waals surface area contributed by atoms with E-state index in [0.717, 1.165) is 21.3 Å². The lowest BCUT2D eigenvalue weighted by Crippen LogP contribution is -2.05. The number of non-ortho nitro benzene ring substituents is 1. The molecule has 0 atom stereocenters. The fourth-order valence-corrected chi connectivity index (χ4v) is 3.72. The Kier molecular flexibility index (Phi) is 7.52. The summed E-state index contributed by atoms with van der Waals surface area (Å²) in [5, 5.41) is 14.3. The second-order valence-corrected chi connectivity index (χ2v) is 8.08. The van der Waals surface area contributed by atoms with Gasteiger partial charge in [-0.3, -0.25) is 10.1 Å². The topological polar surface area (TPSA) is 73.6 Å². The van der Waals surface area contributed by atoms with E-state index in [1.165, 1.54) is 23.3 Å². The van der Waals surface area contributed by atoms with Crippen molar-refractivity contribution in [2.24, 2.45) is 0 Å². The van der Waals surface area contributed by atoms with E-state index in [1.54, 1.807) is 12.1 Å². The second kappa shape index (κ2) is 10.3. The number of nitrogens with zero attached hydrogens (tertiary/aromatic N) is 1. The van der Waals surface area contributed by atoms with Crippen LogP contribution in [0.1, 0.15) is 29.2 Å². The van der Waals surface area contributed by atoms with E-state index in [4.69, 9.17) is 9.47 Å². The minimum absolute atomic E-state index is 0.0561. The van der Waals surface area contributed by atoms with Crippen molar-refractivity contribution in [2.75, 3.05) is 11.9 Å². The van der Waals surface area contributed by atoms with Crippen LogP contribution in [-0.4, -0.2) is 11.5 Å². The zero-order valence-electron chi connectivity index (χ0n) is 17.8. The third-order valence-electron chi connectivity index (χ3n) is 4.78. The van der Waals surface area contributed by atoms with E-state index < -0.39 is 4.92 Å². The molecule has 0 fully saturated rings. The van der Waals surface area contributed by atoms with Crippen LogP contribution in [0.15, 0.2) is 59.1 Å². The summed E-state index contributed by atoms with van der Waals surface area (Å²) in [6.45, 7) is 7.51. The molecule has 0 heterocycles. The number of halogens is 1. The van der Waals surface area contributed by atoms with Gasteiger partial charge in [-0.1, -0.05) is 12.1 Å². The number of hydrogen-bond acceptors (Lipinski definition) is 5. The Morgan fingerprint density at radius 1 is 1.00 bits per heavy atom. The second-order valence-electron chi connectivity index (χ2n) is 7.22. The maximum absolute atomic E-state index is 10.8. The van der Waals surface area contributed by atoms with Crippen LogP contribution in [0.4, 0.5) is 11.4 Å². The molecule has 3 rings (SSSR count). The Hall–Kier alpha value is -3.06. The molecule has 0 aliphatic heterocycles. The van der Waals surface area contributed by atoms with Crippen molar-refractivity contribution in [1.29, 1.82) is 0 Å². The van der Waals surface area contributed by atoms with Gasteiger partial charge in [-0.15, -0.1) is 0 Å². The lowest BCUT2D eigenvalue weighted by Gasteiger charge is -2.17. The van der Waals surface area contributed by atoms with E-state index in [-0.39, 0.29) is 12.3 Å². The first kappa shape index (κ1) is 22.6. The van der Waals surface area contributed by atoms with Gasteiger partial charge in [0, 0.05) is 24.4 Å². The van der Waals surface area contributed by atoms with Gasteiger partial charge >= 0.3 is 0 Å². The van der Waals surface area contributed by atoms with Crippen LogP contribution in [0, 0.1) is 24.0 Å². The zero-order chi connectivity index (χ0) is 22.4. The monoisotopic (exact) mass is 484 g/mol. The summed E-state index contributed by atoms with van der Waals surface area (Å²) in [7, 11) is 0. The summed E-state index contributed by atoms with van der Waals surface area (Å²) in [5.74, 6) is 1.26. The molecule has 7 heteroatoms. The average molecular weight is 485 g/mol. The van der Waals surface area contributed by atoms with Gasteiger partial charge in [-0.25, -0.2) is 0 Å². The van der Waals surface area contributed by atoms with Crippen LogP contribution < -0.4 is 14.8 Å². The number of nitro benzene ring substituents is 1. The van der Waals surface area contributed by atoms with Crippen molar-refractivity contribution in [3.8, 4) is 11.5 Å². The lowest BCUT2D eigenvalue weighted by atomic mass is 10.1. The Morgan fingerprint density at radius 3 is 2.42 bits per heavy atom. The van der Waals surface area contributed by atoms with Gasteiger partial charge < -0.3 is 14.8 Å². The lowest BCUT2D eigenvalue weighted by molar-refractivity contribution is -0.384. The van der Waals surface area contributed by atoms with Crippen LogP contribution in [0.3, 0.4) is 0 Å². The summed E-state index contributed by atoms with van der Waals surface area (Å²) >= 11 is 3.60. The highest BCUT2D eigenvalue weighted by atomic mass is 79.9. The molecule has 3 aromatic rings. The van der Waals surface area contributed by atoms with E-state index in [1.807, 2.05) is 19.1 Å². The van der Waals surface area contributed by atoms with E-state index >= 15 is 0 Å². The third-order valence-corrected chi connectivity index (χ3v) is 5.36. The van der Waals surface area contributed by atoms with Gasteiger partial charge in [0.2, 0.25) is 0 Å². The predicted octanol–water partition coefficient (Wildman–Crippen LogP) is 6.56. The van der Waals surface area contributed by atoms with Crippen molar-refractivity contribution in [3.05, 3.63) is 91.4 Å². The molecule has 0 amide bonds. The van der Waals surface area contributed by atoms with Crippen LogP contribution in [-0.2, 0) is 13.2 Å². The fourth-order valence-electron chi connectivity index (χ4n) is 3.12. The molecule has 0 aliphatic carbocycles. The molecule has 0 saturated carbocycles. The van der Waals surface area contributed by atoms with Crippen molar-refractivity contribution >= 4 is 27.3 Å². The number of benzene rings is 3. The number of nitrogens with one attached hydrogen (secondary N) is 1. The van der Waals surface area contributed by atoms with Gasteiger partial charge in [0.15, 0.2) is 11.5 Å². The molecule has 31 heavy (non-hydrogen) atoms. The van der Waals surface area contributed by atoms with E-state index in [9.17, 15) is 10.1 Å². The van der Waals surface area contributed by atoms with E-state index in [0.29, 0.717) is 24.7 Å². The SMILES string of the molecule is CCOc1cc(CNc2cc(C)ccc2C)cc(Br)c1OCc1ccc([N+](=O)[O-])cc1. The summed E-state index contributed by atoms with van der Waals surface area (Å²) in [6.07, 6.45) is 0. The molecule has 0 radical (unpaired) electrons. The maximum Gasteiger partial charge on any atom is 0.269 e. The Morgan fingerprint density at radius 2 is 1.74 bits per heavy atom. The average Bonchev–Trinajstić information content (AvgIpc) is 2.74. The summed E-state index contributed by atoms with van der Waals surface area (Å²) in [5.41, 5.74) is 5.45. The largest absolute Gasteiger partial charge is 0.490 e. The molecule has 0 aromatic heterocycles. The smallest absolute Gasteiger partial charge is 0.269 e. The molecule has 3 aromatic carbocycles. The van der Waals surface area contributed by atoms with Gasteiger partial charge in [-0.2, -0.15) is 0 Å². The van der Waals surface area contributed by atoms with Crippen LogP contribution in [0.5, 0.6) is 11.5 Å². The molecule has 0 saturated heterocycles. The van der Waals surface area contributed by atoms with Crippen molar-refractivity contribution in [3.63, 3.8) is 0 Å². The fraction of sp³-hybridized carbons (Fsp3) is 0.250. The molecular formula is C24H25BrN2O4. The van der Waals surface area contributed by atoms with Gasteiger partial charge in [0.25, 0.3) is 5.69 Å².